The van der Waals surface area contributed by atoms with E-state index in [0.717, 1.165) is 44.0 Å². The number of morpholine rings is 1. The largest absolute Gasteiger partial charge is 0.465 e. The van der Waals surface area contributed by atoms with Crippen LogP contribution in [-0.2, 0) is 9.47 Å². The number of allylic oxidation sites excluding steroid dienone is 1. The van der Waals surface area contributed by atoms with Crippen molar-refractivity contribution < 1.29 is 13.9 Å². The minimum absolute atomic E-state index is 0.00700. The number of amidine groups is 1. The molecule has 11 heteroatoms. The normalized spacial score (nSPS) is 17.1. The zero-order valence-electron chi connectivity index (χ0n) is 19.2. The zero-order valence-corrected chi connectivity index (χ0v) is 21.3. The molecule has 182 valence electrons. The lowest BCUT2D eigenvalue weighted by Gasteiger charge is -2.26. The molecule has 1 aromatic carbocycles. The maximum absolute atomic E-state index is 14.7. The summed E-state index contributed by atoms with van der Waals surface area (Å²) in [7, 11) is 0. The first kappa shape index (κ1) is 23.7. The molecule has 0 aliphatic carbocycles. The maximum atomic E-state index is 14.7. The van der Waals surface area contributed by atoms with Gasteiger partial charge in [-0.05, 0) is 40.8 Å². The van der Waals surface area contributed by atoms with Gasteiger partial charge in [-0.2, -0.15) is 4.99 Å². The minimum Gasteiger partial charge on any atom is -0.465 e. The number of aromatic amines is 1. The lowest BCUT2D eigenvalue weighted by Crippen LogP contribution is -2.39. The number of hydrogen-bond donors (Lipinski definition) is 2. The average molecular weight is 589 g/mol. The van der Waals surface area contributed by atoms with Crippen LogP contribution in [0.15, 0.2) is 44.5 Å². The number of hydrogen-bond acceptors (Lipinski definition) is 7. The molecule has 9 nitrogen and oxygen atoms in total. The Bertz CT molecular complexity index is 1360. The molecule has 0 saturated carbocycles. The van der Waals surface area contributed by atoms with E-state index < -0.39 is 5.82 Å². The van der Waals surface area contributed by atoms with Crippen molar-refractivity contribution in [3.63, 3.8) is 0 Å². The van der Waals surface area contributed by atoms with Crippen LogP contribution in [0.5, 0.6) is 0 Å². The fraction of sp³-hybridized carbons (Fsp3) is 0.292. The van der Waals surface area contributed by atoms with E-state index in [1.807, 2.05) is 25.3 Å². The van der Waals surface area contributed by atoms with E-state index in [0.29, 0.717) is 23.2 Å². The second-order valence-electron chi connectivity index (χ2n) is 7.89. The van der Waals surface area contributed by atoms with Crippen molar-refractivity contribution in [2.45, 2.75) is 6.92 Å². The van der Waals surface area contributed by atoms with Crippen LogP contribution in [-0.4, -0.2) is 75.2 Å². The predicted octanol–water partition coefficient (Wildman–Crippen LogP) is 3.60. The summed E-state index contributed by atoms with van der Waals surface area (Å²) in [6.45, 7) is 6.52. The molecular formula is C24H25FIN7O2. The summed E-state index contributed by atoms with van der Waals surface area (Å²) in [4.78, 5) is 23.3. The quantitative estimate of drug-likeness (QED) is 0.258. The van der Waals surface area contributed by atoms with Gasteiger partial charge in [-0.1, -0.05) is 20.7 Å². The van der Waals surface area contributed by atoms with E-state index in [1.165, 1.54) is 9.70 Å². The van der Waals surface area contributed by atoms with Crippen LogP contribution in [0.25, 0.3) is 27.9 Å². The molecule has 2 aromatic heterocycles. The summed E-state index contributed by atoms with van der Waals surface area (Å²) in [5, 5.41) is 0. The highest BCUT2D eigenvalue weighted by Crippen LogP contribution is 2.34. The van der Waals surface area contributed by atoms with Gasteiger partial charge in [0, 0.05) is 43.2 Å². The third-order valence-electron chi connectivity index (χ3n) is 5.53. The molecule has 0 atom stereocenters. The molecule has 0 radical (unpaired) electrons. The van der Waals surface area contributed by atoms with Gasteiger partial charge in [0.25, 0.3) is 6.02 Å². The molecule has 3 N–H and O–H groups in total. The van der Waals surface area contributed by atoms with Gasteiger partial charge in [0.15, 0.2) is 0 Å². The fourth-order valence-corrected chi connectivity index (χ4v) is 6.04. The number of aromatic nitrogens is 3. The van der Waals surface area contributed by atoms with Crippen molar-refractivity contribution in [3.8, 4) is 11.3 Å². The van der Waals surface area contributed by atoms with Gasteiger partial charge >= 0.3 is 0 Å². The molecule has 5 rings (SSSR count). The third-order valence-corrected chi connectivity index (χ3v) is 7.85. The highest BCUT2D eigenvalue weighted by atomic mass is 127. The maximum Gasteiger partial charge on any atom is 0.289 e. The van der Waals surface area contributed by atoms with E-state index in [-0.39, 0.29) is 38.4 Å². The lowest BCUT2D eigenvalue weighted by molar-refractivity contribution is 0.0454. The first-order chi connectivity index (χ1) is 17.1. The van der Waals surface area contributed by atoms with Gasteiger partial charge in [0.05, 0.1) is 29.0 Å². The Kier molecular flexibility index (Phi) is 7.25. The van der Waals surface area contributed by atoms with Crippen LogP contribution in [0.2, 0.25) is 0 Å². The Morgan fingerprint density at radius 1 is 1.34 bits per heavy atom. The van der Waals surface area contributed by atoms with E-state index in [1.54, 1.807) is 12.3 Å². The molecule has 0 unspecified atom stereocenters. The van der Waals surface area contributed by atoms with Gasteiger partial charge in [-0.3, -0.25) is 14.9 Å². The second-order valence-corrected chi connectivity index (χ2v) is 10.4. The van der Waals surface area contributed by atoms with Crippen molar-refractivity contribution >= 4 is 59.2 Å². The number of nitrogens with two attached hydrogens (primary N) is 1. The number of benzene rings is 1. The van der Waals surface area contributed by atoms with Crippen LogP contribution in [0, 0.1) is 5.82 Å². The average Bonchev–Trinajstić information content (AvgIpc) is 3.27. The van der Waals surface area contributed by atoms with Crippen LogP contribution < -0.4 is 5.73 Å². The predicted molar refractivity (Wildman–Crippen MR) is 145 cm³/mol. The molecule has 1 saturated heterocycles. The summed E-state index contributed by atoms with van der Waals surface area (Å²) >= 11 is -0.367. The number of halogens is 2. The first-order valence-corrected chi connectivity index (χ1v) is 13.6. The second kappa shape index (κ2) is 10.7. The zero-order chi connectivity index (χ0) is 24.2. The molecule has 1 fully saturated rings. The smallest absolute Gasteiger partial charge is 0.289 e. The number of rotatable bonds is 6. The number of nitrogens with zero attached hydrogens (tertiary/aromatic N) is 5. The van der Waals surface area contributed by atoms with Crippen LogP contribution in [0.3, 0.4) is 0 Å². The van der Waals surface area contributed by atoms with Crippen LogP contribution in [0.4, 0.5) is 10.3 Å². The molecular weight excluding hydrogens is 564 g/mol. The van der Waals surface area contributed by atoms with Crippen molar-refractivity contribution in [2.75, 3.05) is 39.5 Å². The Morgan fingerprint density at radius 2 is 2.20 bits per heavy atom. The standard InChI is InChI=1S/C24H25FIN7O2/c1-2-35-23(27)32-24-30-19-11-15(10-17(22(19)31-24)21-18(25)4-3-5-28-21)16-12-26-20(29-13-16)14-33-6-8-34-9-7-33/h3-5,10-13H,2,6-9,14H2,1H3,(H3,27,30,31,32). The highest BCUT2D eigenvalue weighted by Gasteiger charge is 2.18. The molecule has 0 bridgehead atoms. The summed E-state index contributed by atoms with van der Waals surface area (Å²) in [6, 6.07) is 6.83. The molecule has 0 spiro atoms. The number of pyridine rings is 1. The minimum atomic E-state index is -0.423. The van der Waals surface area contributed by atoms with Gasteiger partial charge in [-0.25, -0.2) is 9.37 Å². The van der Waals surface area contributed by atoms with E-state index in [2.05, 4.69) is 28.9 Å². The van der Waals surface area contributed by atoms with Crippen molar-refractivity contribution in [3.05, 3.63) is 45.9 Å². The summed E-state index contributed by atoms with van der Waals surface area (Å²) in [5.41, 5.74) is 9.74. The van der Waals surface area contributed by atoms with Crippen LogP contribution >= 0.6 is 20.7 Å². The van der Waals surface area contributed by atoms with Crippen LogP contribution in [0.1, 0.15) is 12.5 Å². The number of aliphatic imine (C=N–C) groups is 2. The Labute approximate surface area is 211 Å². The van der Waals surface area contributed by atoms with Gasteiger partial charge in [-0.15, -0.1) is 0 Å². The van der Waals surface area contributed by atoms with E-state index >= 15 is 0 Å². The van der Waals surface area contributed by atoms with Crippen molar-refractivity contribution in [1.82, 2.24) is 19.9 Å². The van der Waals surface area contributed by atoms with Gasteiger partial charge < -0.3 is 20.2 Å². The summed E-state index contributed by atoms with van der Waals surface area (Å²) in [5.74, 6) is -0.145. The number of nitrogens with one attached hydrogen (secondary N) is 1. The Hall–Kier alpha value is -3.03. The number of ether oxygens (including phenoxy) is 2. The fourth-order valence-electron chi connectivity index (χ4n) is 3.85. The monoisotopic (exact) mass is 589 g/mol. The lowest BCUT2D eigenvalue weighted by atomic mass is 10.0. The summed E-state index contributed by atoms with van der Waals surface area (Å²) < 4.78 is 28.9. The third kappa shape index (κ3) is 5.46. The SMILES string of the molecule is CCOC(N)=Nc1nc2c(-c3ncccc3F)cc(C3=CI=C(CN4CCOCC4)N=C3)cc2[nH]1. The molecule has 2 aliphatic heterocycles. The molecule has 35 heavy (non-hydrogen) atoms. The molecule has 3 aromatic rings. The molecule has 2 aliphatic rings. The summed E-state index contributed by atoms with van der Waals surface area (Å²) in [6.07, 6.45) is 3.45. The van der Waals surface area contributed by atoms with E-state index in [9.17, 15) is 4.39 Å². The molecule has 0 amide bonds. The van der Waals surface area contributed by atoms with Gasteiger partial charge in [0.1, 0.15) is 17.0 Å². The topological polar surface area (TPSA) is 114 Å². The Balaban J connectivity index is 1.53. The number of fused-ring (bicyclic) bond motifs is 1. The first-order valence-electron chi connectivity index (χ1n) is 11.3. The van der Waals surface area contributed by atoms with E-state index in [4.69, 9.17) is 20.2 Å². The molecule has 4 heterocycles. The van der Waals surface area contributed by atoms with Crippen molar-refractivity contribution in [1.29, 1.82) is 0 Å². The van der Waals surface area contributed by atoms with Crippen molar-refractivity contribution in [2.24, 2.45) is 15.7 Å². The number of imidazole rings is 1. The number of H-pyrrole nitrogens is 1. The van der Waals surface area contributed by atoms with Gasteiger partial charge in [0.2, 0.25) is 5.95 Å². The highest BCUT2D eigenvalue weighted by molar-refractivity contribution is 14.2. The Morgan fingerprint density at radius 3 is 2.94 bits per heavy atom.